The number of ether oxygens (including phenoxy) is 1. The van der Waals surface area contributed by atoms with E-state index in [1.807, 2.05) is 0 Å². The summed E-state index contributed by atoms with van der Waals surface area (Å²) < 4.78 is 6.60. The first-order chi connectivity index (χ1) is 11.6. The number of hydrogen-bond donors (Lipinski definition) is 0. The Bertz CT molecular complexity index is 797. The van der Waals surface area contributed by atoms with Gasteiger partial charge in [0.2, 0.25) is 11.7 Å². The van der Waals surface area contributed by atoms with Crippen molar-refractivity contribution in [1.29, 1.82) is 0 Å². The molecule has 0 atom stereocenters. The average molecular weight is 325 g/mol. The normalized spacial score (nSPS) is 16.8. The smallest absolute Gasteiger partial charge is 0.244 e. The fraction of sp³-hybridized carbons (Fsp3) is 0.294. The number of morpholine rings is 1. The van der Waals surface area contributed by atoms with Gasteiger partial charge in [-0.05, 0) is 0 Å². The van der Waals surface area contributed by atoms with Crippen LogP contribution in [0.15, 0.2) is 30.5 Å². The highest BCUT2D eigenvalue weighted by Gasteiger charge is 2.32. The summed E-state index contributed by atoms with van der Waals surface area (Å²) in [7, 11) is 0. The lowest BCUT2D eigenvalue weighted by Gasteiger charge is -2.26. The van der Waals surface area contributed by atoms with Crippen LogP contribution in [-0.2, 0) is 16.1 Å². The van der Waals surface area contributed by atoms with E-state index in [9.17, 15) is 14.4 Å². The molecule has 1 aromatic carbocycles. The number of nitrogens with zero attached hydrogens (tertiary/aromatic N) is 3. The van der Waals surface area contributed by atoms with Crippen molar-refractivity contribution < 1.29 is 19.1 Å². The summed E-state index contributed by atoms with van der Waals surface area (Å²) in [4.78, 5) is 39.0. The molecule has 122 valence electrons. The molecule has 1 amide bonds. The molecule has 0 unspecified atom stereocenters. The molecule has 2 aromatic rings. The van der Waals surface area contributed by atoms with E-state index >= 15 is 0 Å². The maximum atomic E-state index is 12.5. The average Bonchev–Trinajstić information content (AvgIpc) is 3.04. The van der Waals surface area contributed by atoms with Gasteiger partial charge in [-0.3, -0.25) is 19.1 Å². The van der Waals surface area contributed by atoms with E-state index in [0.717, 1.165) is 0 Å². The first-order valence-corrected chi connectivity index (χ1v) is 7.76. The van der Waals surface area contributed by atoms with Crippen molar-refractivity contribution in [1.82, 2.24) is 14.7 Å². The van der Waals surface area contributed by atoms with E-state index in [1.165, 1.54) is 10.9 Å². The van der Waals surface area contributed by atoms with Gasteiger partial charge in [0, 0.05) is 30.4 Å². The molecule has 1 aliphatic heterocycles. The molecule has 1 fully saturated rings. The van der Waals surface area contributed by atoms with Crippen molar-refractivity contribution in [2.75, 3.05) is 26.3 Å². The van der Waals surface area contributed by atoms with E-state index in [1.54, 1.807) is 29.2 Å². The van der Waals surface area contributed by atoms with Crippen LogP contribution in [0.2, 0.25) is 0 Å². The maximum absolute atomic E-state index is 12.5. The number of aromatic nitrogens is 2. The number of fused-ring (bicyclic) bond motifs is 2. The van der Waals surface area contributed by atoms with Crippen LogP contribution in [0.25, 0.3) is 0 Å². The largest absolute Gasteiger partial charge is 0.378 e. The van der Waals surface area contributed by atoms with Crippen LogP contribution >= 0.6 is 0 Å². The van der Waals surface area contributed by atoms with E-state index in [4.69, 9.17) is 4.74 Å². The summed E-state index contributed by atoms with van der Waals surface area (Å²) in [6, 6.07) is 6.69. The first kappa shape index (κ1) is 14.8. The zero-order valence-corrected chi connectivity index (χ0v) is 12.9. The number of amides is 1. The molecule has 1 aromatic heterocycles. The van der Waals surface area contributed by atoms with Gasteiger partial charge in [-0.15, -0.1) is 0 Å². The predicted octanol–water partition coefficient (Wildman–Crippen LogP) is 0.517. The molecule has 1 saturated heterocycles. The Kier molecular flexibility index (Phi) is 3.50. The van der Waals surface area contributed by atoms with Crippen molar-refractivity contribution in [2.45, 2.75) is 6.54 Å². The van der Waals surface area contributed by atoms with Crippen LogP contribution in [0.3, 0.4) is 0 Å². The molecule has 0 saturated carbocycles. The molecule has 4 rings (SSSR count). The summed E-state index contributed by atoms with van der Waals surface area (Å²) in [6.07, 6.45) is 1.49. The van der Waals surface area contributed by atoms with Crippen LogP contribution < -0.4 is 0 Å². The molecule has 1 aliphatic carbocycles. The Hall–Kier alpha value is -2.80. The fourth-order valence-electron chi connectivity index (χ4n) is 3.04. The van der Waals surface area contributed by atoms with E-state index < -0.39 is 0 Å². The van der Waals surface area contributed by atoms with Crippen LogP contribution in [0.1, 0.15) is 32.0 Å². The van der Waals surface area contributed by atoms with Crippen LogP contribution in [-0.4, -0.2) is 58.5 Å². The van der Waals surface area contributed by atoms with Gasteiger partial charge < -0.3 is 9.64 Å². The van der Waals surface area contributed by atoms with Crippen molar-refractivity contribution in [3.63, 3.8) is 0 Å². The second-order valence-electron chi connectivity index (χ2n) is 5.79. The fourth-order valence-corrected chi connectivity index (χ4v) is 3.04. The number of ketones is 2. The molecule has 0 radical (unpaired) electrons. The molecule has 2 heterocycles. The molecule has 7 nitrogen and oxygen atoms in total. The number of hydrogen-bond acceptors (Lipinski definition) is 5. The summed E-state index contributed by atoms with van der Waals surface area (Å²) >= 11 is 0. The monoisotopic (exact) mass is 325 g/mol. The second kappa shape index (κ2) is 5.68. The summed E-state index contributed by atoms with van der Waals surface area (Å²) in [5.41, 5.74) is 1.12. The second-order valence-corrected chi connectivity index (χ2v) is 5.79. The molecule has 0 bridgehead atoms. The van der Waals surface area contributed by atoms with Gasteiger partial charge in [0.1, 0.15) is 12.2 Å². The summed E-state index contributed by atoms with van der Waals surface area (Å²) in [5, 5.41) is 4.18. The zero-order chi connectivity index (χ0) is 16.7. The van der Waals surface area contributed by atoms with Crippen LogP contribution in [0, 0.1) is 0 Å². The minimum atomic E-state index is -0.280. The molecule has 0 spiro atoms. The molecule has 7 heteroatoms. The van der Waals surface area contributed by atoms with Gasteiger partial charge in [-0.2, -0.15) is 5.10 Å². The van der Waals surface area contributed by atoms with E-state index in [0.29, 0.717) is 37.4 Å². The van der Waals surface area contributed by atoms with Crippen LogP contribution in [0.5, 0.6) is 0 Å². The summed E-state index contributed by atoms with van der Waals surface area (Å²) in [6.45, 7) is 2.14. The van der Waals surface area contributed by atoms with Crippen molar-refractivity contribution >= 4 is 17.5 Å². The topological polar surface area (TPSA) is 81.5 Å². The number of benzene rings is 1. The number of carbonyl (C=O) groups excluding carboxylic acids is 3. The molecular weight excluding hydrogens is 310 g/mol. The Morgan fingerprint density at radius 3 is 2.42 bits per heavy atom. The Labute approximate surface area is 137 Å². The lowest BCUT2D eigenvalue weighted by molar-refractivity contribution is -0.136. The molecule has 24 heavy (non-hydrogen) atoms. The van der Waals surface area contributed by atoms with Gasteiger partial charge in [0.15, 0.2) is 5.78 Å². The van der Waals surface area contributed by atoms with Crippen molar-refractivity contribution in [3.05, 3.63) is 52.8 Å². The predicted molar refractivity (Wildman–Crippen MR) is 82.9 cm³/mol. The van der Waals surface area contributed by atoms with Crippen molar-refractivity contribution in [3.8, 4) is 0 Å². The van der Waals surface area contributed by atoms with Gasteiger partial charge in [0.05, 0.1) is 18.8 Å². The quantitative estimate of drug-likeness (QED) is 0.686. The van der Waals surface area contributed by atoms with Gasteiger partial charge >= 0.3 is 0 Å². The van der Waals surface area contributed by atoms with Gasteiger partial charge in [0.25, 0.3) is 0 Å². The third-order valence-corrected chi connectivity index (χ3v) is 4.30. The standard InChI is InChI=1S/C17H15N3O4/c21-14(19-5-7-24-8-6-19)10-20-9-13-15(18-20)17(23)12-4-2-1-3-11(12)16(13)22/h1-4,9H,5-8,10H2. The lowest BCUT2D eigenvalue weighted by Crippen LogP contribution is -2.42. The lowest BCUT2D eigenvalue weighted by atomic mass is 9.88. The maximum Gasteiger partial charge on any atom is 0.244 e. The molecule has 2 aliphatic rings. The van der Waals surface area contributed by atoms with E-state index in [-0.39, 0.29) is 35.3 Å². The third kappa shape index (κ3) is 2.33. The van der Waals surface area contributed by atoms with Crippen molar-refractivity contribution in [2.24, 2.45) is 0 Å². The Morgan fingerprint density at radius 2 is 1.71 bits per heavy atom. The summed E-state index contributed by atoms with van der Waals surface area (Å²) in [5.74, 6) is -0.612. The third-order valence-electron chi connectivity index (χ3n) is 4.30. The van der Waals surface area contributed by atoms with Gasteiger partial charge in [-0.25, -0.2) is 0 Å². The molecular formula is C17H15N3O4. The van der Waals surface area contributed by atoms with Gasteiger partial charge in [-0.1, -0.05) is 24.3 Å². The minimum absolute atomic E-state index is 0.00387. The minimum Gasteiger partial charge on any atom is -0.378 e. The highest BCUT2D eigenvalue weighted by Crippen LogP contribution is 2.26. The zero-order valence-electron chi connectivity index (χ0n) is 12.9. The highest BCUT2D eigenvalue weighted by molar-refractivity contribution is 6.27. The number of carbonyl (C=O) groups is 3. The van der Waals surface area contributed by atoms with Crippen LogP contribution in [0.4, 0.5) is 0 Å². The number of rotatable bonds is 2. The highest BCUT2D eigenvalue weighted by atomic mass is 16.5. The first-order valence-electron chi connectivity index (χ1n) is 7.76. The Balaban J connectivity index is 1.61. The molecule has 0 N–H and O–H groups in total. The SMILES string of the molecule is O=C1c2ccccc2C(=O)c2nn(CC(=O)N3CCOCC3)cc21. The Morgan fingerprint density at radius 1 is 1.04 bits per heavy atom. The van der Waals surface area contributed by atoms with E-state index in [2.05, 4.69) is 5.10 Å².